The monoisotopic (exact) mass is 287 g/mol. The molecule has 0 atom stereocenters. The van der Waals surface area contributed by atoms with Crippen LogP contribution in [0.15, 0.2) is 35.3 Å². The summed E-state index contributed by atoms with van der Waals surface area (Å²) < 4.78 is 1.56. The highest BCUT2D eigenvalue weighted by Gasteiger charge is 2.11. The zero-order valence-corrected chi connectivity index (χ0v) is 11.7. The molecule has 0 saturated carbocycles. The molecule has 0 aliphatic heterocycles. The van der Waals surface area contributed by atoms with Gasteiger partial charge in [-0.05, 0) is 28.5 Å². The van der Waals surface area contributed by atoms with Gasteiger partial charge in [-0.1, -0.05) is 0 Å². The predicted octanol–water partition coefficient (Wildman–Crippen LogP) is 1.34. The van der Waals surface area contributed by atoms with E-state index in [2.05, 4.69) is 31.5 Å². The van der Waals surface area contributed by atoms with Crippen molar-refractivity contribution >= 4 is 23.2 Å². The van der Waals surface area contributed by atoms with Crippen LogP contribution in [0, 0.1) is 0 Å². The number of rotatable bonds is 4. The van der Waals surface area contributed by atoms with E-state index in [1.54, 1.807) is 34.5 Å². The van der Waals surface area contributed by atoms with E-state index < -0.39 is 0 Å². The highest BCUT2D eigenvalue weighted by Crippen LogP contribution is 2.14. The minimum atomic E-state index is 0.178. The maximum atomic E-state index is 5.75. The predicted molar refractivity (Wildman–Crippen MR) is 77.8 cm³/mol. The SMILES string of the molecule is CN(Cc1ccsc1)c1nc(N)nc(-n2cccn2)n1. The first-order valence-corrected chi connectivity index (χ1v) is 6.90. The van der Waals surface area contributed by atoms with Crippen molar-refractivity contribution in [1.82, 2.24) is 24.7 Å². The van der Waals surface area contributed by atoms with Crippen LogP contribution >= 0.6 is 11.3 Å². The first-order valence-electron chi connectivity index (χ1n) is 5.96. The summed E-state index contributed by atoms with van der Waals surface area (Å²) in [5, 5.41) is 8.23. The number of nitrogens with two attached hydrogens (primary N) is 1. The minimum Gasteiger partial charge on any atom is -0.368 e. The maximum absolute atomic E-state index is 5.75. The van der Waals surface area contributed by atoms with Gasteiger partial charge in [-0.25, -0.2) is 4.68 Å². The average molecular weight is 287 g/mol. The molecule has 0 aliphatic rings. The van der Waals surface area contributed by atoms with Crippen molar-refractivity contribution in [1.29, 1.82) is 0 Å². The van der Waals surface area contributed by atoms with Crippen molar-refractivity contribution < 1.29 is 0 Å². The molecule has 7 nitrogen and oxygen atoms in total. The highest BCUT2D eigenvalue weighted by atomic mass is 32.1. The molecule has 0 aromatic carbocycles. The molecular weight excluding hydrogens is 274 g/mol. The lowest BCUT2D eigenvalue weighted by atomic mass is 10.3. The molecule has 0 amide bonds. The zero-order valence-electron chi connectivity index (χ0n) is 10.8. The smallest absolute Gasteiger partial charge is 0.257 e. The van der Waals surface area contributed by atoms with Gasteiger partial charge in [-0.3, -0.25) is 0 Å². The van der Waals surface area contributed by atoms with Crippen molar-refractivity contribution in [3.8, 4) is 5.95 Å². The van der Waals surface area contributed by atoms with Gasteiger partial charge in [0.1, 0.15) is 0 Å². The number of aromatic nitrogens is 5. The normalized spacial score (nSPS) is 10.7. The zero-order chi connectivity index (χ0) is 13.9. The average Bonchev–Trinajstić information content (AvgIpc) is 3.11. The van der Waals surface area contributed by atoms with E-state index in [4.69, 9.17) is 5.73 Å². The van der Waals surface area contributed by atoms with E-state index in [1.807, 2.05) is 17.3 Å². The van der Waals surface area contributed by atoms with Crippen molar-refractivity contribution in [2.45, 2.75) is 6.54 Å². The van der Waals surface area contributed by atoms with Crippen molar-refractivity contribution in [2.75, 3.05) is 17.7 Å². The van der Waals surface area contributed by atoms with E-state index in [-0.39, 0.29) is 5.95 Å². The van der Waals surface area contributed by atoms with E-state index in [1.165, 1.54) is 5.56 Å². The Morgan fingerprint density at radius 2 is 2.25 bits per heavy atom. The van der Waals surface area contributed by atoms with Gasteiger partial charge in [0.2, 0.25) is 11.9 Å². The highest BCUT2D eigenvalue weighted by molar-refractivity contribution is 7.07. The molecule has 3 aromatic heterocycles. The fourth-order valence-electron chi connectivity index (χ4n) is 1.76. The Morgan fingerprint density at radius 3 is 2.95 bits per heavy atom. The Hall–Kier alpha value is -2.48. The lowest BCUT2D eigenvalue weighted by Gasteiger charge is -2.16. The van der Waals surface area contributed by atoms with Crippen LogP contribution in [-0.2, 0) is 6.54 Å². The largest absolute Gasteiger partial charge is 0.368 e. The van der Waals surface area contributed by atoms with Crippen molar-refractivity contribution in [2.24, 2.45) is 0 Å². The van der Waals surface area contributed by atoms with Crippen LogP contribution in [0.2, 0.25) is 0 Å². The molecule has 2 N–H and O–H groups in total. The van der Waals surface area contributed by atoms with Gasteiger partial charge in [0.25, 0.3) is 5.95 Å². The minimum absolute atomic E-state index is 0.178. The van der Waals surface area contributed by atoms with Gasteiger partial charge in [0.05, 0.1) is 0 Å². The van der Waals surface area contributed by atoms with Crippen LogP contribution in [0.4, 0.5) is 11.9 Å². The van der Waals surface area contributed by atoms with E-state index in [9.17, 15) is 0 Å². The number of hydrogen-bond donors (Lipinski definition) is 1. The molecule has 3 rings (SSSR count). The Kier molecular flexibility index (Phi) is 3.30. The van der Waals surface area contributed by atoms with Crippen LogP contribution in [0.3, 0.4) is 0 Å². The molecule has 102 valence electrons. The summed E-state index contributed by atoms with van der Waals surface area (Å²) in [7, 11) is 1.92. The fraction of sp³-hybridized carbons (Fsp3) is 0.167. The van der Waals surface area contributed by atoms with Gasteiger partial charge >= 0.3 is 0 Å². The first kappa shape index (κ1) is 12.5. The van der Waals surface area contributed by atoms with E-state index in [0.717, 1.165) is 0 Å². The second kappa shape index (κ2) is 5.25. The summed E-state index contributed by atoms with van der Waals surface area (Å²) in [5.41, 5.74) is 6.95. The Labute approximate surface area is 119 Å². The molecule has 0 unspecified atom stereocenters. The van der Waals surface area contributed by atoms with Gasteiger partial charge in [0.15, 0.2) is 0 Å². The molecule has 3 heterocycles. The molecule has 0 aliphatic carbocycles. The van der Waals surface area contributed by atoms with Crippen LogP contribution in [0.1, 0.15) is 5.56 Å². The third-order valence-corrected chi connectivity index (χ3v) is 3.41. The van der Waals surface area contributed by atoms with Gasteiger partial charge in [-0.15, -0.1) is 0 Å². The summed E-state index contributed by atoms with van der Waals surface area (Å²) in [6.07, 6.45) is 3.42. The van der Waals surface area contributed by atoms with Gasteiger partial charge in [0, 0.05) is 26.0 Å². The number of nitrogen functional groups attached to an aromatic ring is 1. The Balaban J connectivity index is 1.89. The molecule has 0 fully saturated rings. The van der Waals surface area contributed by atoms with Gasteiger partial charge < -0.3 is 10.6 Å². The molecule has 0 radical (unpaired) electrons. The summed E-state index contributed by atoms with van der Waals surface area (Å²) in [6.45, 7) is 0.714. The summed E-state index contributed by atoms with van der Waals surface area (Å²) in [4.78, 5) is 14.6. The Morgan fingerprint density at radius 1 is 1.35 bits per heavy atom. The summed E-state index contributed by atoms with van der Waals surface area (Å²) in [6, 6.07) is 3.87. The third-order valence-electron chi connectivity index (χ3n) is 2.68. The summed E-state index contributed by atoms with van der Waals surface area (Å²) in [5.74, 6) is 1.11. The molecule has 8 heteroatoms. The number of nitrogens with zero attached hydrogens (tertiary/aromatic N) is 6. The molecule has 20 heavy (non-hydrogen) atoms. The number of thiophene rings is 1. The van der Waals surface area contributed by atoms with E-state index >= 15 is 0 Å². The van der Waals surface area contributed by atoms with Crippen LogP contribution in [-0.4, -0.2) is 31.8 Å². The molecule has 0 saturated heterocycles. The molecule has 0 spiro atoms. The van der Waals surface area contributed by atoms with Crippen molar-refractivity contribution in [3.05, 3.63) is 40.8 Å². The standard InChI is InChI=1S/C12H13N7S/c1-18(7-9-3-6-20-8-9)11-15-10(13)16-12(17-11)19-5-2-4-14-19/h2-6,8H,7H2,1H3,(H2,13,15,16,17). The molecule has 0 bridgehead atoms. The lowest BCUT2D eigenvalue weighted by Crippen LogP contribution is -2.21. The summed E-state index contributed by atoms with van der Waals surface area (Å²) >= 11 is 1.66. The quantitative estimate of drug-likeness (QED) is 0.779. The Bertz CT molecular complexity index is 678. The van der Waals surface area contributed by atoms with Crippen LogP contribution < -0.4 is 10.6 Å². The fourth-order valence-corrected chi connectivity index (χ4v) is 2.42. The second-order valence-corrected chi connectivity index (χ2v) is 5.01. The third kappa shape index (κ3) is 2.59. The van der Waals surface area contributed by atoms with Crippen LogP contribution in [0.25, 0.3) is 5.95 Å². The number of anilines is 2. The molecule has 3 aromatic rings. The van der Waals surface area contributed by atoms with Gasteiger partial charge in [-0.2, -0.15) is 31.4 Å². The van der Waals surface area contributed by atoms with Crippen molar-refractivity contribution in [3.63, 3.8) is 0 Å². The van der Waals surface area contributed by atoms with E-state index in [0.29, 0.717) is 18.4 Å². The topological polar surface area (TPSA) is 85.8 Å². The first-order chi connectivity index (χ1) is 9.72. The second-order valence-electron chi connectivity index (χ2n) is 4.23. The maximum Gasteiger partial charge on any atom is 0.257 e. The van der Waals surface area contributed by atoms with Crippen LogP contribution in [0.5, 0.6) is 0 Å². The molecular formula is C12H13N7S. The lowest BCUT2D eigenvalue weighted by molar-refractivity contribution is 0.778. The number of hydrogen-bond acceptors (Lipinski definition) is 7.